The summed E-state index contributed by atoms with van der Waals surface area (Å²) in [4.78, 5) is 11.9. The Morgan fingerprint density at radius 3 is 2.35 bits per heavy atom. The fraction of sp³-hybridized carbons (Fsp3) is 0.167. The SMILES string of the molecule is COc1cc(/C=C/C(=O)Nc2cc(C)ccc2F)cc(OC)c1. The third kappa shape index (κ3) is 4.57. The van der Waals surface area contributed by atoms with E-state index < -0.39 is 11.7 Å². The van der Waals surface area contributed by atoms with Crippen LogP contribution in [0.1, 0.15) is 11.1 Å². The van der Waals surface area contributed by atoms with Crippen molar-refractivity contribution in [1.82, 2.24) is 0 Å². The molecular weight excluding hydrogens is 297 g/mol. The van der Waals surface area contributed by atoms with Crippen LogP contribution in [0.15, 0.2) is 42.5 Å². The van der Waals surface area contributed by atoms with Crippen LogP contribution in [0.3, 0.4) is 0 Å². The van der Waals surface area contributed by atoms with Gasteiger partial charge in [0, 0.05) is 12.1 Å². The highest BCUT2D eigenvalue weighted by molar-refractivity contribution is 6.02. The highest BCUT2D eigenvalue weighted by atomic mass is 19.1. The van der Waals surface area contributed by atoms with Crippen LogP contribution < -0.4 is 14.8 Å². The number of ether oxygens (including phenoxy) is 2. The Balaban J connectivity index is 2.13. The zero-order valence-electron chi connectivity index (χ0n) is 13.2. The summed E-state index contributed by atoms with van der Waals surface area (Å²) in [6, 6.07) is 9.80. The summed E-state index contributed by atoms with van der Waals surface area (Å²) in [6.45, 7) is 1.83. The molecule has 120 valence electrons. The molecule has 0 spiro atoms. The number of benzene rings is 2. The van der Waals surface area contributed by atoms with Crippen LogP contribution in [0.5, 0.6) is 11.5 Å². The lowest BCUT2D eigenvalue weighted by atomic mass is 10.2. The largest absolute Gasteiger partial charge is 0.497 e. The van der Waals surface area contributed by atoms with E-state index in [0.29, 0.717) is 11.5 Å². The Morgan fingerprint density at radius 2 is 1.74 bits per heavy atom. The maximum absolute atomic E-state index is 13.6. The van der Waals surface area contributed by atoms with E-state index in [4.69, 9.17) is 9.47 Å². The molecule has 0 bridgehead atoms. The number of anilines is 1. The fourth-order valence-corrected chi connectivity index (χ4v) is 2.01. The van der Waals surface area contributed by atoms with Crippen LogP contribution in [0.2, 0.25) is 0 Å². The lowest BCUT2D eigenvalue weighted by molar-refractivity contribution is -0.111. The standard InChI is InChI=1S/C18H18FNO3/c1-12-4-6-16(19)17(8-12)20-18(21)7-5-13-9-14(22-2)11-15(10-13)23-3/h4-11H,1-3H3,(H,20,21)/b7-5+. The Bertz CT molecular complexity index is 719. The van der Waals surface area contributed by atoms with E-state index in [1.807, 2.05) is 6.92 Å². The molecule has 2 aromatic carbocycles. The van der Waals surface area contributed by atoms with Crippen molar-refractivity contribution in [3.63, 3.8) is 0 Å². The number of halogens is 1. The second kappa shape index (κ2) is 7.45. The lowest BCUT2D eigenvalue weighted by Gasteiger charge is -2.06. The van der Waals surface area contributed by atoms with E-state index in [0.717, 1.165) is 11.1 Å². The third-order valence-electron chi connectivity index (χ3n) is 3.18. The van der Waals surface area contributed by atoms with Gasteiger partial charge in [-0.1, -0.05) is 6.07 Å². The predicted molar refractivity (Wildman–Crippen MR) is 88.3 cm³/mol. The van der Waals surface area contributed by atoms with E-state index in [1.165, 1.54) is 12.1 Å². The molecule has 1 amide bonds. The quantitative estimate of drug-likeness (QED) is 0.854. The van der Waals surface area contributed by atoms with E-state index in [1.54, 1.807) is 50.6 Å². The first kappa shape index (κ1) is 16.5. The Hall–Kier alpha value is -2.82. The van der Waals surface area contributed by atoms with Crippen molar-refractivity contribution in [2.24, 2.45) is 0 Å². The maximum atomic E-state index is 13.6. The molecule has 5 heteroatoms. The van der Waals surface area contributed by atoms with Gasteiger partial charge in [-0.15, -0.1) is 0 Å². The van der Waals surface area contributed by atoms with Gasteiger partial charge in [0.2, 0.25) is 5.91 Å². The number of rotatable bonds is 5. The molecule has 23 heavy (non-hydrogen) atoms. The third-order valence-corrected chi connectivity index (χ3v) is 3.18. The summed E-state index contributed by atoms with van der Waals surface area (Å²) in [5.74, 6) is 0.347. The molecule has 0 aliphatic rings. The first-order valence-corrected chi connectivity index (χ1v) is 7.00. The predicted octanol–water partition coefficient (Wildman–Crippen LogP) is 3.80. The van der Waals surface area contributed by atoms with Gasteiger partial charge in [-0.3, -0.25) is 4.79 Å². The zero-order valence-corrected chi connectivity index (χ0v) is 13.2. The number of hydrogen-bond acceptors (Lipinski definition) is 3. The number of amides is 1. The van der Waals surface area contributed by atoms with Gasteiger partial charge in [-0.2, -0.15) is 0 Å². The highest BCUT2D eigenvalue weighted by Gasteiger charge is 2.05. The van der Waals surface area contributed by atoms with Crippen LogP contribution in [-0.4, -0.2) is 20.1 Å². The van der Waals surface area contributed by atoms with E-state index in [2.05, 4.69) is 5.32 Å². The van der Waals surface area contributed by atoms with Crippen LogP contribution >= 0.6 is 0 Å². The summed E-state index contributed by atoms with van der Waals surface area (Å²) in [5, 5.41) is 2.52. The van der Waals surface area contributed by atoms with Crippen molar-refractivity contribution in [3.8, 4) is 11.5 Å². The number of carbonyl (C=O) groups is 1. The van der Waals surface area contributed by atoms with Gasteiger partial charge in [0.05, 0.1) is 19.9 Å². The summed E-state index contributed by atoms with van der Waals surface area (Å²) in [5.41, 5.74) is 1.76. The van der Waals surface area contributed by atoms with Gasteiger partial charge in [-0.05, 0) is 48.4 Å². The number of aryl methyl sites for hydroxylation is 1. The summed E-state index contributed by atoms with van der Waals surface area (Å²) < 4.78 is 23.9. The molecule has 1 N–H and O–H groups in total. The normalized spacial score (nSPS) is 10.6. The molecule has 0 aliphatic heterocycles. The van der Waals surface area contributed by atoms with Crippen LogP contribution in [0.25, 0.3) is 6.08 Å². The van der Waals surface area contributed by atoms with Crippen molar-refractivity contribution in [1.29, 1.82) is 0 Å². The molecule has 2 rings (SSSR count). The second-order valence-corrected chi connectivity index (χ2v) is 4.95. The van der Waals surface area contributed by atoms with Crippen molar-refractivity contribution >= 4 is 17.7 Å². The first-order chi connectivity index (χ1) is 11.0. The molecule has 4 nitrogen and oxygen atoms in total. The van der Waals surface area contributed by atoms with Crippen molar-refractivity contribution < 1.29 is 18.7 Å². The minimum Gasteiger partial charge on any atom is -0.497 e. The lowest BCUT2D eigenvalue weighted by Crippen LogP contribution is -2.09. The number of methoxy groups -OCH3 is 2. The zero-order chi connectivity index (χ0) is 16.8. The maximum Gasteiger partial charge on any atom is 0.248 e. The topological polar surface area (TPSA) is 47.6 Å². The Morgan fingerprint density at radius 1 is 1.09 bits per heavy atom. The van der Waals surface area contributed by atoms with Crippen LogP contribution in [-0.2, 0) is 4.79 Å². The summed E-state index contributed by atoms with van der Waals surface area (Å²) in [7, 11) is 3.10. The fourth-order valence-electron chi connectivity index (χ4n) is 2.01. The highest BCUT2D eigenvalue weighted by Crippen LogP contribution is 2.23. The average Bonchev–Trinajstić information content (AvgIpc) is 2.56. The average molecular weight is 315 g/mol. The van der Waals surface area contributed by atoms with E-state index >= 15 is 0 Å². The summed E-state index contributed by atoms with van der Waals surface area (Å²) in [6.07, 6.45) is 2.93. The monoisotopic (exact) mass is 315 g/mol. The Kier molecular flexibility index (Phi) is 5.36. The van der Waals surface area contributed by atoms with Crippen molar-refractivity contribution in [2.75, 3.05) is 19.5 Å². The number of carbonyl (C=O) groups excluding carboxylic acids is 1. The van der Waals surface area contributed by atoms with Gasteiger partial charge in [0.25, 0.3) is 0 Å². The van der Waals surface area contributed by atoms with Crippen LogP contribution in [0, 0.1) is 12.7 Å². The van der Waals surface area contributed by atoms with Crippen molar-refractivity contribution in [3.05, 3.63) is 59.4 Å². The minimum absolute atomic E-state index is 0.155. The molecule has 2 aromatic rings. The van der Waals surface area contributed by atoms with Gasteiger partial charge in [0.1, 0.15) is 17.3 Å². The molecule has 0 atom stereocenters. The summed E-state index contributed by atoms with van der Waals surface area (Å²) >= 11 is 0. The number of hydrogen-bond donors (Lipinski definition) is 1. The Labute approximate surface area is 134 Å². The van der Waals surface area contributed by atoms with Crippen LogP contribution in [0.4, 0.5) is 10.1 Å². The molecular formula is C18H18FNO3. The molecule has 0 aromatic heterocycles. The van der Waals surface area contributed by atoms with Gasteiger partial charge in [-0.25, -0.2) is 4.39 Å². The van der Waals surface area contributed by atoms with Gasteiger partial charge in [0.15, 0.2) is 0 Å². The van der Waals surface area contributed by atoms with E-state index in [9.17, 15) is 9.18 Å². The molecule has 0 saturated carbocycles. The molecule has 0 radical (unpaired) electrons. The molecule has 0 saturated heterocycles. The van der Waals surface area contributed by atoms with E-state index in [-0.39, 0.29) is 5.69 Å². The molecule has 0 unspecified atom stereocenters. The smallest absolute Gasteiger partial charge is 0.248 e. The second-order valence-electron chi connectivity index (χ2n) is 4.95. The number of nitrogens with one attached hydrogen (secondary N) is 1. The minimum atomic E-state index is -0.472. The molecule has 0 fully saturated rings. The molecule has 0 aliphatic carbocycles. The van der Waals surface area contributed by atoms with Crippen molar-refractivity contribution in [2.45, 2.75) is 6.92 Å². The van der Waals surface area contributed by atoms with Gasteiger partial charge < -0.3 is 14.8 Å². The first-order valence-electron chi connectivity index (χ1n) is 7.00. The van der Waals surface area contributed by atoms with Gasteiger partial charge >= 0.3 is 0 Å². The molecule has 0 heterocycles.